The van der Waals surface area contributed by atoms with Crippen LogP contribution in [0.25, 0.3) is 11.1 Å². The Morgan fingerprint density at radius 3 is 2.64 bits per heavy atom. The van der Waals surface area contributed by atoms with E-state index in [9.17, 15) is 9.90 Å². The predicted octanol–water partition coefficient (Wildman–Crippen LogP) is 5.24. The Bertz CT molecular complexity index is 782. The van der Waals surface area contributed by atoms with E-state index in [2.05, 4.69) is 4.90 Å². The van der Waals surface area contributed by atoms with E-state index in [1.54, 1.807) is 12.1 Å². The number of benzene rings is 2. The van der Waals surface area contributed by atoms with Crippen LogP contribution in [0.3, 0.4) is 0 Å². The minimum Gasteiger partial charge on any atom is -0.465 e. The van der Waals surface area contributed by atoms with E-state index in [-0.39, 0.29) is 6.04 Å². The van der Waals surface area contributed by atoms with Gasteiger partial charge in [0.25, 0.3) is 0 Å². The van der Waals surface area contributed by atoms with Crippen molar-refractivity contribution in [1.29, 1.82) is 0 Å². The van der Waals surface area contributed by atoms with Gasteiger partial charge < -0.3 is 10.0 Å². The third-order valence-electron chi connectivity index (χ3n) is 4.72. The molecule has 1 unspecified atom stereocenters. The Balaban J connectivity index is 1.99. The zero-order chi connectivity index (χ0) is 18.0. The molecular weight excluding hydrogens is 359 g/mol. The molecular formula is C19H20Cl2N2O2. The number of halogens is 2. The van der Waals surface area contributed by atoms with Gasteiger partial charge in [-0.15, -0.1) is 0 Å². The van der Waals surface area contributed by atoms with Crippen LogP contribution in [0, 0.1) is 0 Å². The number of likely N-dealkylation sites (tertiary alicyclic amines) is 1. The summed E-state index contributed by atoms with van der Waals surface area (Å²) < 4.78 is 0. The molecule has 25 heavy (non-hydrogen) atoms. The molecule has 1 N–H and O–H groups in total. The molecule has 1 heterocycles. The molecule has 2 aromatic carbocycles. The van der Waals surface area contributed by atoms with E-state index >= 15 is 0 Å². The van der Waals surface area contributed by atoms with Gasteiger partial charge in [0.2, 0.25) is 0 Å². The molecule has 0 aliphatic carbocycles. The van der Waals surface area contributed by atoms with Gasteiger partial charge in [0.1, 0.15) is 0 Å². The largest absolute Gasteiger partial charge is 0.465 e. The first-order valence-electron chi connectivity index (χ1n) is 8.22. The highest BCUT2D eigenvalue weighted by Crippen LogP contribution is 2.35. The van der Waals surface area contributed by atoms with Gasteiger partial charge in [-0.3, -0.25) is 4.90 Å². The molecule has 132 valence electrons. The number of carbonyl (C=O) groups is 1. The van der Waals surface area contributed by atoms with Crippen molar-refractivity contribution in [1.82, 2.24) is 4.90 Å². The summed E-state index contributed by atoms with van der Waals surface area (Å²) in [5.74, 6) is 0. The monoisotopic (exact) mass is 378 g/mol. The van der Waals surface area contributed by atoms with Gasteiger partial charge in [0, 0.05) is 18.2 Å². The zero-order valence-electron chi connectivity index (χ0n) is 14.0. The molecule has 1 atom stereocenters. The summed E-state index contributed by atoms with van der Waals surface area (Å²) in [6.07, 6.45) is 1.16. The lowest BCUT2D eigenvalue weighted by Crippen LogP contribution is -2.41. The van der Waals surface area contributed by atoms with Gasteiger partial charge in [-0.05, 0) is 50.2 Å². The number of amides is 1. The lowest BCUT2D eigenvalue weighted by atomic mass is 10.0. The lowest BCUT2D eigenvalue weighted by molar-refractivity contribution is 0.198. The Morgan fingerprint density at radius 2 is 2.00 bits per heavy atom. The van der Waals surface area contributed by atoms with E-state index in [0.717, 1.165) is 30.5 Å². The van der Waals surface area contributed by atoms with Crippen LogP contribution in [-0.4, -0.2) is 42.3 Å². The fourth-order valence-electron chi connectivity index (χ4n) is 3.32. The number of hydrogen-bond acceptors (Lipinski definition) is 2. The van der Waals surface area contributed by atoms with Gasteiger partial charge in [0.15, 0.2) is 0 Å². The van der Waals surface area contributed by atoms with Crippen molar-refractivity contribution >= 4 is 35.0 Å². The van der Waals surface area contributed by atoms with E-state index < -0.39 is 6.09 Å². The molecule has 1 saturated heterocycles. The van der Waals surface area contributed by atoms with E-state index in [0.29, 0.717) is 22.3 Å². The van der Waals surface area contributed by atoms with Gasteiger partial charge in [-0.1, -0.05) is 47.5 Å². The molecule has 2 aromatic rings. The van der Waals surface area contributed by atoms with Crippen molar-refractivity contribution in [2.45, 2.75) is 18.9 Å². The number of likely N-dealkylation sites (N-methyl/N-ethyl adjacent to an activating group) is 1. The summed E-state index contributed by atoms with van der Waals surface area (Å²) in [5, 5.41) is 10.7. The predicted molar refractivity (Wildman–Crippen MR) is 103 cm³/mol. The summed E-state index contributed by atoms with van der Waals surface area (Å²) in [6.45, 7) is 1.46. The van der Waals surface area contributed by atoms with Gasteiger partial charge >= 0.3 is 6.09 Å². The average Bonchev–Trinajstić information content (AvgIpc) is 3.00. The Hall–Kier alpha value is -1.75. The van der Waals surface area contributed by atoms with Crippen molar-refractivity contribution in [3.63, 3.8) is 0 Å². The summed E-state index contributed by atoms with van der Waals surface area (Å²) >= 11 is 12.2. The normalized spacial score (nSPS) is 17.6. The standard InChI is InChI=1S/C19H20Cl2N2O2/c1-22-10-4-5-14(22)12-23(19(24)25)18-7-3-2-6-15(18)13-8-9-16(20)17(21)11-13/h2-3,6-9,11,14H,4-5,10,12H2,1H3,(H,24,25). The molecule has 0 radical (unpaired) electrons. The molecule has 1 aliphatic rings. The molecule has 1 aliphatic heterocycles. The maximum absolute atomic E-state index is 12.0. The van der Waals surface area contributed by atoms with Crippen LogP contribution >= 0.6 is 23.2 Å². The molecule has 1 amide bonds. The molecule has 1 fully saturated rings. The first kappa shape index (κ1) is 18.1. The summed E-state index contributed by atoms with van der Waals surface area (Å²) in [7, 11) is 2.04. The molecule has 6 heteroatoms. The number of nitrogens with zero attached hydrogens (tertiary/aromatic N) is 2. The smallest absolute Gasteiger partial charge is 0.411 e. The highest BCUT2D eigenvalue weighted by atomic mass is 35.5. The Kier molecular flexibility index (Phi) is 5.52. The Labute approximate surface area is 157 Å². The van der Waals surface area contributed by atoms with Gasteiger partial charge in [-0.2, -0.15) is 0 Å². The number of hydrogen-bond donors (Lipinski definition) is 1. The van der Waals surface area contributed by atoms with Gasteiger partial charge in [-0.25, -0.2) is 4.79 Å². The molecule has 3 rings (SSSR count). The fraction of sp³-hybridized carbons (Fsp3) is 0.316. The van der Waals surface area contributed by atoms with Crippen LogP contribution in [0.1, 0.15) is 12.8 Å². The SMILES string of the molecule is CN1CCCC1CN(C(=O)O)c1ccccc1-c1ccc(Cl)c(Cl)c1. The van der Waals surface area contributed by atoms with Crippen LogP contribution < -0.4 is 4.90 Å². The summed E-state index contributed by atoms with van der Waals surface area (Å²) in [5.41, 5.74) is 2.33. The van der Waals surface area contributed by atoms with Crippen LogP contribution in [0.4, 0.5) is 10.5 Å². The second-order valence-corrected chi connectivity index (χ2v) is 7.13. The first-order chi connectivity index (χ1) is 12.0. The fourth-order valence-corrected chi connectivity index (χ4v) is 3.62. The van der Waals surface area contributed by atoms with Crippen molar-refractivity contribution in [3.8, 4) is 11.1 Å². The highest BCUT2D eigenvalue weighted by molar-refractivity contribution is 6.42. The third-order valence-corrected chi connectivity index (χ3v) is 5.46. The van der Waals surface area contributed by atoms with Crippen LogP contribution in [0.2, 0.25) is 10.0 Å². The molecule has 0 bridgehead atoms. The first-order valence-corrected chi connectivity index (χ1v) is 8.98. The minimum atomic E-state index is -0.951. The Morgan fingerprint density at radius 1 is 1.24 bits per heavy atom. The van der Waals surface area contributed by atoms with Crippen molar-refractivity contribution < 1.29 is 9.90 Å². The number of anilines is 1. The van der Waals surface area contributed by atoms with Crippen molar-refractivity contribution in [3.05, 3.63) is 52.5 Å². The van der Waals surface area contributed by atoms with E-state index in [4.69, 9.17) is 23.2 Å². The molecule has 0 aromatic heterocycles. The second-order valence-electron chi connectivity index (χ2n) is 6.32. The van der Waals surface area contributed by atoms with E-state index in [1.165, 1.54) is 4.90 Å². The lowest BCUT2D eigenvalue weighted by Gasteiger charge is -2.28. The summed E-state index contributed by atoms with van der Waals surface area (Å²) in [4.78, 5) is 15.6. The molecule has 0 spiro atoms. The average molecular weight is 379 g/mol. The van der Waals surface area contributed by atoms with Crippen LogP contribution in [0.15, 0.2) is 42.5 Å². The quantitative estimate of drug-likeness (QED) is 0.790. The van der Waals surface area contributed by atoms with E-state index in [1.807, 2.05) is 37.4 Å². The molecule has 4 nitrogen and oxygen atoms in total. The highest BCUT2D eigenvalue weighted by Gasteiger charge is 2.27. The zero-order valence-corrected chi connectivity index (χ0v) is 15.5. The van der Waals surface area contributed by atoms with Crippen LogP contribution in [0.5, 0.6) is 0 Å². The van der Waals surface area contributed by atoms with Crippen LogP contribution in [-0.2, 0) is 0 Å². The molecule has 0 saturated carbocycles. The number of rotatable bonds is 4. The van der Waals surface area contributed by atoms with Crippen molar-refractivity contribution in [2.75, 3.05) is 25.0 Å². The second kappa shape index (κ2) is 7.65. The number of carboxylic acid groups (broad SMARTS) is 1. The van der Waals surface area contributed by atoms with Gasteiger partial charge in [0.05, 0.1) is 15.7 Å². The minimum absolute atomic E-state index is 0.234. The third kappa shape index (κ3) is 3.92. The summed E-state index contributed by atoms with van der Waals surface area (Å²) in [6, 6.07) is 13.1. The number of para-hydroxylation sites is 1. The maximum Gasteiger partial charge on any atom is 0.411 e. The van der Waals surface area contributed by atoms with Crippen molar-refractivity contribution in [2.24, 2.45) is 0 Å². The topological polar surface area (TPSA) is 43.8 Å². The maximum atomic E-state index is 12.0.